The number of aliphatic imine (C=N–C) groups is 1. The van der Waals surface area contributed by atoms with Crippen molar-refractivity contribution in [2.75, 3.05) is 46.9 Å². The molecule has 1 aromatic heterocycles. The number of halogens is 1. The summed E-state index contributed by atoms with van der Waals surface area (Å²) in [6, 6.07) is 4.57. The maximum atomic E-state index is 13.4. The number of likely N-dealkylation sites (N-methyl/N-ethyl adjacent to an activating group) is 1. The number of benzene rings is 1. The molecule has 2 rings (SSSR count). The number of fused-ring (bicyclic) bond motifs is 1. The van der Waals surface area contributed by atoms with Crippen molar-refractivity contribution in [3.63, 3.8) is 0 Å². The number of furan rings is 1. The van der Waals surface area contributed by atoms with Crippen LogP contribution in [0.2, 0.25) is 0 Å². The van der Waals surface area contributed by atoms with E-state index in [1.165, 1.54) is 12.1 Å². The predicted molar refractivity (Wildman–Crippen MR) is 108 cm³/mol. The fourth-order valence-electron chi connectivity index (χ4n) is 2.84. The van der Waals surface area contributed by atoms with Gasteiger partial charge in [0, 0.05) is 50.8 Å². The Morgan fingerprint density at radius 3 is 2.85 bits per heavy atom. The Balaban J connectivity index is 1.92. The van der Waals surface area contributed by atoms with Crippen LogP contribution in [0.25, 0.3) is 11.0 Å². The highest BCUT2D eigenvalue weighted by Gasteiger charge is 2.11. The third-order valence-electron chi connectivity index (χ3n) is 4.40. The predicted octanol–water partition coefficient (Wildman–Crippen LogP) is 2.90. The Labute approximate surface area is 160 Å². The second kappa shape index (κ2) is 10.9. The molecule has 0 atom stereocenters. The largest absolute Gasteiger partial charge is 0.459 e. The van der Waals surface area contributed by atoms with Gasteiger partial charge in [0.1, 0.15) is 23.7 Å². The van der Waals surface area contributed by atoms with Crippen LogP contribution in [-0.2, 0) is 11.3 Å². The van der Waals surface area contributed by atoms with E-state index in [1.54, 1.807) is 13.2 Å². The molecule has 0 saturated heterocycles. The van der Waals surface area contributed by atoms with Crippen LogP contribution in [0.4, 0.5) is 4.39 Å². The number of hydrogen-bond donors (Lipinski definition) is 2. The van der Waals surface area contributed by atoms with Crippen LogP contribution in [0.5, 0.6) is 0 Å². The minimum absolute atomic E-state index is 0.258. The highest BCUT2D eigenvalue weighted by atomic mass is 19.1. The topological polar surface area (TPSA) is 62.0 Å². The molecule has 0 aliphatic carbocycles. The highest BCUT2D eigenvalue weighted by Crippen LogP contribution is 2.26. The summed E-state index contributed by atoms with van der Waals surface area (Å²) in [4.78, 5) is 6.86. The zero-order chi connectivity index (χ0) is 19.6. The van der Waals surface area contributed by atoms with Gasteiger partial charge in [0.25, 0.3) is 0 Å². The molecule has 7 heteroatoms. The molecule has 6 nitrogen and oxygen atoms in total. The van der Waals surface area contributed by atoms with Crippen LogP contribution in [0, 0.1) is 12.7 Å². The van der Waals surface area contributed by atoms with Crippen LogP contribution in [0.3, 0.4) is 0 Å². The van der Waals surface area contributed by atoms with E-state index in [0.717, 1.165) is 61.9 Å². The quantitative estimate of drug-likeness (QED) is 0.378. The fourth-order valence-corrected chi connectivity index (χ4v) is 2.84. The van der Waals surface area contributed by atoms with Crippen LogP contribution >= 0.6 is 0 Å². The van der Waals surface area contributed by atoms with Crippen LogP contribution in [-0.4, -0.2) is 57.8 Å². The van der Waals surface area contributed by atoms with Crippen molar-refractivity contribution < 1.29 is 13.5 Å². The molecule has 0 aliphatic rings. The summed E-state index contributed by atoms with van der Waals surface area (Å²) >= 11 is 0. The third kappa shape index (κ3) is 6.52. The lowest BCUT2D eigenvalue weighted by Gasteiger charge is -2.18. The molecule has 0 unspecified atom stereocenters. The second-order valence-corrected chi connectivity index (χ2v) is 6.56. The molecule has 0 saturated carbocycles. The minimum Gasteiger partial charge on any atom is -0.459 e. The van der Waals surface area contributed by atoms with Crippen LogP contribution in [0.1, 0.15) is 24.7 Å². The number of nitrogens with one attached hydrogen (secondary N) is 2. The summed E-state index contributed by atoms with van der Waals surface area (Å²) in [5, 5.41) is 7.38. The monoisotopic (exact) mass is 378 g/mol. The molecular weight excluding hydrogens is 347 g/mol. The lowest BCUT2D eigenvalue weighted by atomic mass is 10.1. The van der Waals surface area contributed by atoms with Gasteiger partial charge in [-0.3, -0.25) is 0 Å². The van der Waals surface area contributed by atoms with E-state index in [4.69, 9.17) is 9.15 Å². The van der Waals surface area contributed by atoms with Gasteiger partial charge in [0.05, 0.1) is 0 Å². The highest BCUT2D eigenvalue weighted by molar-refractivity contribution is 5.82. The molecule has 0 bridgehead atoms. The Bertz CT molecular complexity index is 745. The molecule has 0 amide bonds. The first-order valence-electron chi connectivity index (χ1n) is 9.42. The zero-order valence-corrected chi connectivity index (χ0v) is 16.8. The number of methoxy groups -OCH3 is 1. The van der Waals surface area contributed by atoms with Gasteiger partial charge in [-0.15, -0.1) is 0 Å². The summed E-state index contributed by atoms with van der Waals surface area (Å²) in [6.07, 6.45) is 1.02. The molecule has 0 spiro atoms. The van der Waals surface area contributed by atoms with Crippen molar-refractivity contribution >= 4 is 16.9 Å². The first kappa shape index (κ1) is 21.2. The number of guanidine groups is 1. The standard InChI is InChI=1S/C20H31FN4O2/c1-5-22-20(23-9-11-25(3)10-6-12-26-4)24-14-19-15(2)17-13-16(21)7-8-18(17)27-19/h7-8,13H,5-6,9-12,14H2,1-4H3,(H2,22,23,24). The van der Waals surface area contributed by atoms with Gasteiger partial charge in [-0.1, -0.05) is 0 Å². The van der Waals surface area contributed by atoms with E-state index in [-0.39, 0.29) is 5.82 Å². The molecule has 0 aliphatic heterocycles. The lowest BCUT2D eigenvalue weighted by Crippen LogP contribution is -2.41. The van der Waals surface area contributed by atoms with Gasteiger partial charge in [-0.05, 0) is 45.5 Å². The van der Waals surface area contributed by atoms with E-state index >= 15 is 0 Å². The number of ether oxygens (including phenoxy) is 1. The van der Waals surface area contributed by atoms with Crippen molar-refractivity contribution in [3.05, 3.63) is 35.3 Å². The SMILES string of the molecule is CCNC(=NCc1oc2ccc(F)cc2c1C)NCCN(C)CCCOC. The maximum absolute atomic E-state index is 13.4. The molecule has 1 aromatic carbocycles. The first-order chi connectivity index (χ1) is 13.0. The Morgan fingerprint density at radius 2 is 2.11 bits per heavy atom. The lowest BCUT2D eigenvalue weighted by molar-refractivity contribution is 0.180. The van der Waals surface area contributed by atoms with Crippen molar-refractivity contribution in [1.82, 2.24) is 15.5 Å². The normalized spacial score (nSPS) is 12.1. The smallest absolute Gasteiger partial charge is 0.191 e. The molecule has 0 radical (unpaired) electrons. The molecule has 2 N–H and O–H groups in total. The zero-order valence-electron chi connectivity index (χ0n) is 16.8. The fraction of sp³-hybridized carbons (Fsp3) is 0.550. The van der Waals surface area contributed by atoms with Crippen molar-refractivity contribution in [1.29, 1.82) is 0 Å². The number of nitrogens with zero attached hydrogens (tertiary/aromatic N) is 2. The summed E-state index contributed by atoms with van der Waals surface area (Å²) in [7, 11) is 3.82. The van der Waals surface area contributed by atoms with Crippen molar-refractivity contribution in [2.45, 2.75) is 26.8 Å². The number of hydrogen-bond acceptors (Lipinski definition) is 4. The van der Waals surface area contributed by atoms with E-state index in [1.807, 2.05) is 13.8 Å². The summed E-state index contributed by atoms with van der Waals surface area (Å²) < 4.78 is 24.4. The third-order valence-corrected chi connectivity index (χ3v) is 4.40. The number of rotatable bonds is 10. The second-order valence-electron chi connectivity index (χ2n) is 6.56. The van der Waals surface area contributed by atoms with Gasteiger partial charge < -0.3 is 24.7 Å². The number of aryl methyl sites for hydroxylation is 1. The molecule has 2 aromatic rings. The van der Waals surface area contributed by atoms with E-state index in [2.05, 4.69) is 27.6 Å². The molecule has 150 valence electrons. The van der Waals surface area contributed by atoms with Gasteiger partial charge >= 0.3 is 0 Å². The Hall–Kier alpha value is -2.12. The summed E-state index contributed by atoms with van der Waals surface area (Å²) in [6.45, 7) is 8.63. The van der Waals surface area contributed by atoms with E-state index < -0.39 is 0 Å². The Kier molecular flexibility index (Phi) is 8.54. The van der Waals surface area contributed by atoms with Gasteiger partial charge in [0.2, 0.25) is 0 Å². The average Bonchev–Trinajstić information content (AvgIpc) is 2.95. The average molecular weight is 378 g/mol. The summed E-state index contributed by atoms with van der Waals surface area (Å²) in [5.41, 5.74) is 1.62. The minimum atomic E-state index is -0.258. The molecular formula is C20H31FN4O2. The van der Waals surface area contributed by atoms with Crippen LogP contribution < -0.4 is 10.6 Å². The van der Waals surface area contributed by atoms with E-state index in [0.29, 0.717) is 12.1 Å². The summed E-state index contributed by atoms with van der Waals surface area (Å²) in [5.74, 6) is 1.24. The molecule has 0 fully saturated rings. The van der Waals surface area contributed by atoms with Gasteiger partial charge in [-0.25, -0.2) is 9.38 Å². The molecule has 1 heterocycles. The van der Waals surface area contributed by atoms with Crippen molar-refractivity contribution in [2.24, 2.45) is 4.99 Å². The van der Waals surface area contributed by atoms with E-state index in [9.17, 15) is 4.39 Å². The van der Waals surface area contributed by atoms with Gasteiger partial charge in [-0.2, -0.15) is 0 Å². The first-order valence-corrected chi connectivity index (χ1v) is 9.42. The van der Waals surface area contributed by atoms with Crippen LogP contribution in [0.15, 0.2) is 27.6 Å². The molecule has 27 heavy (non-hydrogen) atoms. The maximum Gasteiger partial charge on any atom is 0.191 e. The Morgan fingerprint density at radius 1 is 1.30 bits per heavy atom. The van der Waals surface area contributed by atoms with Crippen molar-refractivity contribution in [3.8, 4) is 0 Å². The van der Waals surface area contributed by atoms with Gasteiger partial charge in [0.15, 0.2) is 5.96 Å².